The number of hydrogen-bond donors (Lipinski definition) is 1. The topological polar surface area (TPSA) is 60.2 Å². The van der Waals surface area contributed by atoms with Crippen LogP contribution in [-0.4, -0.2) is 16.8 Å². The molecule has 10 heavy (non-hydrogen) atoms. The van der Waals surface area contributed by atoms with Crippen molar-refractivity contribution >= 4 is 22.8 Å². The van der Waals surface area contributed by atoms with E-state index in [0.717, 1.165) is 11.8 Å². The van der Waals surface area contributed by atoms with Gasteiger partial charge in [0.1, 0.15) is 0 Å². The van der Waals surface area contributed by atoms with Crippen LogP contribution in [0.5, 0.6) is 0 Å². The van der Waals surface area contributed by atoms with Crippen LogP contribution in [0.2, 0.25) is 0 Å². The molecule has 0 aromatic carbocycles. The molecule has 0 aliphatic rings. The Balaban J connectivity index is 3.49. The summed E-state index contributed by atoms with van der Waals surface area (Å²) in [5, 5.41) is 0.0214. The van der Waals surface area contributed by atoms with Gasteiger partial charge in [0.15, 0.2) is 5.12 Å². The molecule has 2 N–H and O–H groups in total. The standard InChI is InChI=1S/C6H11NO2S/c1-4(6(7)9)3-10-5(2)8/h4H,3H2,1-2H3,(H2,7,9). The molecular formula is C6H11NO2S. The third-order valence-electron chi connectivity index (χ3n) is 1.02. The van der Waals surface area contributed by atoms with Crippen LogP contribution in [0.1, 0.15) is 13.8 Å². The number of nitrogens with two attached hydrogens (primary N) is 1. The SMILES string of the molecule is CC(=O)SCC(C)C(N)=O. The number of thioether (sulfide) groups is 1. The zero-order valence-electron chi connectivity index (χ0n) is 6.09. The van der Waals surface area contributed by atoms with Gasteiger partial charge in [-0.3, -0.25) is 9.59 Å². The smallest absolute Gasteiger partial charge is 0.221 e. The third kappa shape index (κ3) is 4.38. The number of carbonyl (C=O) groups is 2. The molecule has 0 aromatic rings. The monoisotopic (exact) mass is 161 g/mol. The van der Waals surface area contributed by atoms with Gasteiger partial charge >= 0.3 is 0 Å². The van der Waals surface area contributed by atoms with E-state index in [9.17, 15) is 9.59 Å². The molecule has 0 aromatic heterocycles. The Hall–Kier alpha value is -0.510. The number of amides is 1. The minimum Gasteiger partial charge on any atom is -0.369 e. The van der Waals surface area contributed by atoms with Crippen molar-refractivity contribution in [2.75, 3.05) is 5.75 Å². The fourth-order valence-corrected chi connectivity index (χ4v) is 0.973. The van der Waals surface area contributed by atoms with Crippen molar-refractivity contribution in [3.8, 4) is 0 Å². The Morgan fingerprint density at radius 3 is 2.40 bits per heavy atom. The number of rotatable bonds is 3. The van der Waals surface area contributed by atoms with E-state index in [1.165, 1.54) is 6.92 Å². The van der Waals surface area contributed by atoms with Crippen molar-refractivity contribution in [3.63, 3.8) is 0 Å². The van der Waals surface area contributed by atoms with Gasteiger partial charge in [-0.05, 0) is 0 Å². The molecule has 0 aliphatic carbocycles. The molecule has 0 saturated carbocycles. The molecule has 1 amide bonds. The summed E-state index contributed by atoms with van der Waals surface area (Å²) in [5.74, 6) is -0.0762. The maximum absolute atomic E-state index is 10.4. The van der Waals surface area contributed by atoms with Crippen LogP contribution in [-0.2, 0) is 9.59 Å². The summed E-state index contributed by atoms with van der Waals surface area (Å²) in [5.41, 5.74) is 4.96. The van der Waals surface area contributed by atoms with E-state index >= 15 is 0 Å². The fraction of sp³-hybridized carbons (Fsp3) is 0.667. The zero-order valence-corrected chi connectivity index (χ0v) is 6.90. The van der Waals surface area contributed by atoms with Crippen molar-refractivity contribution in [3.05, 3.63) is 0 Å². The van der Waals surface area contributed by atoms with Gasteiger partial charge in [0, 0.05) is 18.6 Å². The molecule has 58 valence electrons. The van der Waals surface area contributed by atoms with Gasteiger partial charge in [0.25, 0.3) is 0 Å². The van der Waals surface area contributed by atoms with Gasteiger partial charge in [0.05, 0.1) is 0 Å². The molecule has 0 rings (SSSR count). The van der Waals surface area contributed by atoms with Crippen LogP contribution in [0.25, 0.3) is 0 Å². The number of hydrogen-bond acceptors (Lipinski definition) is 3. The quantitative estimate of drug-likeness (QED) is 0.651. The summed E-state index contributed by atoms with van der Waals surface area (Å²) in [4.78, 5) is 20.8. The molecule has 0 spiro atoms. The summed E-state index contributed by atoms with van der Waals surface area (Å²) in [6.45, 7) is 3.18. The highest BCUT2D eigenvalue weighted by molar-refractivity contribution is 8.13. The fourth-order valence-electron chi connectivity index (χ4n) is 0.324. The minimum atomic E-state index is -0.353. The van der Waals surface area contributed by atoms with E-state index in [2.05, 4.69) is 0 Å². The van der Waals surface area contributed by atoms with E-state index in [0.29, 0.717) is 5.75 Å². The van der Waals surface area contributed by atoms with Crippen molar-refractivity contribution in [1.29, 1.82) is 0 Å². The van der Waals surface area contributed by atoms with Gasteiger partial charge in [-0.25, -0.2) is 0 Å². The van der Waals surface area contributed by atoms with Crippen molar-refractivity contribution in [2.45, 2.75) is 13.8 Å². The third-order valence-corrected chi connectivity index (χ3v) is 2.10. The first-order valence-electron chi connectivity index (χ1n) is 2.96. The molecule has 1 unspecified atom stereocenters. The van der Waals surface area contributed by atoms with Gasteiger partial charge in [-0.1, -0.05) is 18.7 Å². The molecule has 0 radical (unpaired) electrons. The second-order valence-electron chi connectivity index (χ2n) is 2.11. The van der Waals surface area contributed by atoms with Gasteiger partial charge < -0.3 is 5.73 Å². The maximum Gasteiger partial charge on any atom is 0.221 e. The highest BCUT2D eigenvalue weighted by atomic mass is 32.2. The van der Waals surface area contributed by atoms with Crippen LogP contribution >= 0.6 is 11.8 Å². The molecule has 0 heterocycles. The molecule has 0 aliphatic heterocycles. The summed E-state index contributed by atoms with van der Waals surface area (Å²) >= 11 is 1.13. The average molecular weight is 161 g/mol. The first-order chi connectivity index (χ1) is 4.54. The second-order valence-corrected chi connectivity index (χ2v) is 3.30. The largest absolute Gasteiger partial charge is 0.369 e. The van der Waals surface area contributed by atoms with Crippen LogP contribution < -0.4 is 5.73 Å². The lowest BCUT2D eigenvalue weighted by Crippen LogP contribution is -2.22. The Kier molecular flexibility index (Phi) is 4.11. The number of carbonyl (C=O) groups excluding carboxylic acids is 2. The van der Waals surface area contributed by atoms with E-state index in [1.807, 2.05) is 0 Å². The summed E-state index contributed by atoms with van der Waals surface area (Å²) in [6.07, 6.45) is 0. The summed E-state index contributed by atoms with van der Waals surface area (Å²) in [6, 6.07) is 0. The first-order valence-corrected chi connectivity index (χ1v) is 3.95. The molecule has 3 nitrogen and oxygen atoms in total. The molecule has 0 saturated heterocycles. The highest BCUT2D eigenvalue weighted by Crippen LogP contribution is 2.07. The van der Waals surface area contributed by atoms with E-state index in [4.69, 9.17) is 5.73 Å². The predicted molar refractivity (Wildman–Crippen MR) is 41.5 cm³/mol. The lowest BCUT2D eigenvalue weighted by molar-refractivity contribution is -0.120. The van der Waals surface area contributed by atoms with Gasteiger partial charge in [0.2, 0.25) is 5.91 Å². The van der Waals surface area contributed by atoms with E-state index < -0.39 is 0 Å². The van der Waals surface area contributed by atoms with Gasteiger partial charge in [-0.15, -0.1) is 0 Å². The normalized spacial score (nSPS) is 12.6. The summed E-state index contributed by atoms with van der Waals surface area (Å²) < 4.78 is 0. The Morgan fingerprint density at radius 2 is 2.10 bits per heavy atom. The van der Waals surface area contributed by atoms with Crippen molar-refractivity contribution in [2.24, 2.45) is 11.7 Å². The molecule has 1 atom stereocenters. The summed E-state index contributed by atoms with van der Waals surface area (Å²) in [7, 11) is 0. The lowest BCUT2D eigenvalue weighted by Gasteiger charge is -2.02. The maximum atomic E-state index is 10.4. The zero-order chi connectivity index (χ0) is 8.15. The Morgan fingerprint density at radius 1 is 1.60 bits per heavy atom. The lowest BCUT2D eigenvalue weighted by atomic mass is 10.2. The van der Waals surface area contributed by atoms with Crippen molar-refractivity contribution in [1.82, 2.24) is 0 Å². The average Bonchev–Trinajstić information content (AvgIpc) is 1.82. The molecule has 0 bridgehead atoms. The molecule has 0 fully saturated rings. The molecular weight excluding hydrogens is 150 g/mol. The van der Waals surface area contributed by atoms with Gasteiger partial charge in [-0.2, -0.15) is 0 Å². The minimum absolute atomic E-state index is 0.0214. The highest BCUT2D eigenvalue weighted by Gasteiger charge is 2.08. The Bertz CT molecular complexity index is 147. The van der Waals surface area contributed by atoms with Crippen LogP contribution in [0.4, 0.5) is 0 Å². The second kappa shape index (κ2) is 4.33. The Labute approximate surface area is 64.4 Å². The van der Waals surface area contributed by atoms with E-state index in [1.54, 1.807) is 6.92 Å². The first kappa shape index (κ1) is 9.49. The van der Waals surface area contributed by atoms with Crippen LogP contribution in [0, 0.1) is 5.92 Å². The molecule has 4 heteroatoms. The number of primary amides is 1. The van der Waals surface area contributed by atoms with Crippen LogP contribution in [0.3, 0.4) is 0 Å². The predicted octanol–water partition coefficient (Wildman–Crippen LogP) is 0.388. The van der Waals surface area contributed by atoms with E-state index in [-0.39, 0.29) is 16.9 Å². The van der Waals surface area contributed by atoms with Crippen LogP contribution in [0.15, 0.2) is 0 Å². The van der Waals surface area contributed by atoms with Crippen molar-refractivity contribution < 1.29 is 9.59 Å².